The first kappa shape index (κ1) is 18.7. The molecule has 2 aliphatic heterocycles. The first-order valence-corrected chi connectivity index (χ1v) is 9.27. The lowest BCUT2D eigenvalue weighted by Crippen LogP contribution is -2.50. The number of nitrogens with two attached hydrogens (primary N) is 1. The molecule has 2 rings (SSSR count). The predicted octanol–water partition coefficient (Wildman–Crippen LogP) is 1.71. The number of rotatable bonds is 5. The molecule has 0 saturated carbocycles. The fourth-order valence-corrected chi connectivity index (χ4v) is 3.98. The van der Waals surface area contributed by atoms with Crippen LogP contribution in [0.5, 0.6) is 0 Å². The average molecular weight is 325 g/mol. The van der Waals surface area contributed by atoms with E-state index < -0.39 is 0 Å². The molecular formula is C18H35N3O2. The lowest BCUT2D eigenvalue weighted by molar-refractivity contribution is -0.134. The Balaban J connectivity index is 1.74. The van der Waals surface area contributed by atoms with Crippen molar-refractivity contribution in [3.05, 3.63) is 0 Å². The van der Waals surface area contributed by atoms with Crippen LogP contribution >= 0.6 is 0 Å². The number of hydrogen-bond acceptors (Lipinski definition) is 4. The van der Waals surface area contributed by atoms with Crippen molar-refractivity contribution in [3.63, 3.8) is 0 Å². The molecule has 0 aliphatic carbocycles. The van der Waals surface area contributed by atoms with E-state index in [1.807, 2.05) is 4.90 Å². The predicted molar refractivity (Wildman–Crippen MR) is 93.2 cm³/mol. The van der Waals surface area contributed by atoms with Gasteiger partial charge in [-0.05, 0) is 44.9 Å². The Hall–Kier alpha value is -0.650. The summed E-state index contributed by atoms with van der Waals surface area (Å²) >= 11 is 0. The third-order valence-electron chi connectivity index (χ3n) is 4.98. The van der Waals surface area contributed by atoms with E-state index in [1.165, 1.54) is 0 Å². The van der Waals surface area contributed by atoms with Crippen molar-refractivity contribution in [1.29, 1.82) is 0 Å². The van der Waals surface area contributed by atoms with Gasteiger partial charge in [0.2, 0.25) is 5.91 Å². The molecule has 2 aliphatic rings. The Kier molecular flexibility index (Phi) is 6.86. The van der Waals surface area contributed by atoms with Crippen molar-refractivity contribution in [1.82, 2.24) is 9.80 Å². The van der Waals surface area contributed by atoms with Gasteiger partial charge < -0.3 is 15.4 Å². The zero-order valence-electron chi connectivity index (χ0n) is 15.3. The van der Waals surface area contributed by atoms with Gasteiger partial charge >= 0.3 is 0 Å². The zero-order chi connectivity index (χ0) is 17.0. The molecule has 2 fully saturated rings. The zero-order valence-corrected chi connectivity index (χ0v) is 15.3. The van der Waals surface area contributed by atoms with E-state index in [4.69, 9.17) is 10.5 Å². The summed E-state index contributed by atoms with van der Waals surface area (Å²) in [5, 5.41) is 0. The van der Waals surface area contributed by atoms with E-state index in [9.17, 15) is 4.79 Å². The van der Waals surface area contributed by atoms with Gasteiger partial charge in [-0.15, -0.1) is 0 Å². The molecule has 5 nitrogen and oxygen atoms in total. The number of amides is 1. The van der Waals surface area contributed by atoms with Gasteiger partial charge in [0, 0.05) is 32.7 Å². The van der Waals surface area contributed by atoms with Crippen LogP contribution in [-0.4, -0.2) is 66.7 Å². The number of hydrogen-bond donors (Lipinski definition) is 1. The van der Waals surface area contributed by atoms with Gasteiger partial charge in [0.1, 0.15) is 0 Å². The molecule has 0 aromatic rings. The van der Waals surface area contributed by atoms with Crippen LogP contribution in [0, 0.1) is 11.8 Å². The van der Waals surface area contributed by atoms with Crippen LogP contribution in [0.2, 0.25) is 0 Å². The highest BCUT2D eigenvalue weighted by Crippen LogP contribution is 2.21. The molecule has 0 spiro atoms. The number of carbonyl (C=O) groups excluding carboxylic acids is 1. The normalized spacial score (nSPS) is 29.0. The molecule has 2 unspecified atom stereocenters. The fraction of sp³-hybridized carbons (Fsp3) is 0.944. The van der Waals surface area contributed by atoms with E-state index in [0.29, 0.717) is 24.0 Å². The van der Waals surface area contributed by atoms with E-state index in [2.05, 4.69) is 32.6 Å². The summed E-state index contributed by atoms with van der Waals surface area (Å²) < 4.78 is 5.80. The summed E-state index contributed by atoms with van der Waals surface area (Å²) in [5.74, 6) is 1.31. The summed E-state index contributed by atoms with van der Waals surface area (Å²) in [5.41, 5.74) is 6.05. The lowest BCUT2D eigenvalue weighted by atomic mass is 9.94. The van der Waals surface area contributed by atoms with E-state index in [0.717, 1.165) is 52.0 Å². The second-order valence-electron chi connectivity index (χ2n) is 7.98. The summed E-state index contributed by atoms with van der Waals surface area (Å²) in [6.45, 7) is 13.5. The maximum atomic E-state index is 12.4. The number of nitrogens with zero attached hydrogens (tertiary/aromatic N) is 2. The summed E-state index contributed by atoms with van der Waals surface area (Å²) in [6, 6.07) is -0.326. The van der Waals surface area contributed by atoms with Crippen molar-refractivity contribution in [3.8, 4) is 0 Å². The Morgan fingerprint density at radius 2 is 1.74 bits per heavy atom. The molecule has 0 aromatic carbocycles. The fourth-order valence-electron chi connectivity index (χ4n) is 3.98. The van der Waals surface area contributed by atoms with Gasteiger partial charge in [0.05, 0.1) is 18.2 Å². The molecule has 0 radical (unpaired) electrons. The Bertz CT molecular complexity index is 370. The molecule has 1 amide bonds. The molecule has 2 N–H and O–H groups in total. The summed E-state index contributed by atoms with van der Waals surface area (Å²) in [7, 11) is 0. The molecule has 3 atom stereocenters. The van der Waals surface area contributed by atoms with Gasteiger partial charge in [-0.25, -0.2) is 0 Å². The topological polar surface area (TPSA) is 58.8 Å². The van der Waals surface area contributed by atoms with Crippen molar-refractivity contribution in [2.24, 2.45) is 17.6 Å². The largest absolute Gasteiger partial charge is 0.373 e. The number of likely N-dealkylation sites (tertiary alicyclic amines) is 1. The standard InChI is InChI=1S/C18H35N3O2/c1-13(2)9-17(19)18(22)21-7-5-16(6-8-21)12-20-10-14(3)23-15(4)11-20/h13-17H,5-12,19H2,1-4H3/t14?,15?,17-/m0/s1. The molecule has 134 valence electrons. The summed E-state index contributed by atoms with van der Waals surface area (Å²) in [4.78, 5) is 16.9. The van der Waals surface area contributed by atoms with E-state index >= 15 is 0 Å². The van der Waals surface area contributed by atoms with Crippen LogP contribution < -0.4 is 5.73 Å². The molecular weight excluding hydrogens is 290 g/mol. The van der Waals surface area contributed by atoms with Crippen LogP contribution in [0.25, 0.3) is 0 Å². The first-order valence-electron chi connectivity index (χ1n) is 9.27. The smallest absolute Gasteiger partial charge is 0.239 e. The third-order valence-corrected chi connectivity index (χ3v) is 4.98. The van der Waals surface area contributed by atoms with Crippen LogP contribution in [0.3, 0.4) is 0 Å². The summed E-state index contributed by atoms with van der Waals surface area (Å²) in [6.07, 6.45) is 3.63. The van der Waals surface area contributed by atoms with Crippen molar-refractivity contribution >= 4 is 5.91 Å². The van der Waals surface area contributed by atoms with Crippen LogP contribution in [0.1, 0.15) is 47.0 Å². The number of morpholine rings is 1. The van der Waals surface area contributed by atoms with E-state index in [-0.39, 0.29) is 11.9 Å². The number of piperidine rings is 1. The second-order valence-corrected chi connectivity index (χ2v) is 7.98. The molecule has 0 bridgehead atoms. The maximum absolute atomic E-state index is 12.4. The van der Waals surface area contributed by atoms with Crippen molar-refractivity contribution in [2.45, 2.75) is 65.2 Å². The van der Waals surface area contributed by atoms with Crippen molar-refractivity contribution < 1.29 is 9.53 Å². The monoisotopic (exact) mass is 325 g/mol. The highest BCUT2D eigenvalue weighted by atomic mass is 16.5. The molecule has 0 aromatic heterocycles. The van der Waals surface area contributed by atoms with Crippen molar-refractivity contribution in [2.75, 3.05) is 32.7 Å². The van der Waals surface area contributed by atoms with Crippen LogP contribution in [0.4, 0.5) is 0 Å². The SMILES string of the molecule is CC(C)C[C@H](N)C(=O)N1CCC(CN2CC(C)OC(C)C2)CC1. The lowest BCUT2D eigenvalue weighted by Gasteiger charge is -2.40. The minimum atomic E-state index is -0.326. The molecule has 2 saturated heterocycles. The van der Waals surface area contributed by atoms with Crippen LogP contribution in [-0.2, 0) is 9.53 Å². The van der Waals surface area contributed by atoms with Gasteiger partial charge in [-0.3, -0.25) is 9.69 Å². The van der Waals surface area contributed by atoms with Gasteiger partial charge in [-0.2, -0.15) is 0 Å². The molecule has 5 heteroatoms. The van der Waals surface area contributed by atoms with Crippen LogP contribution in [0.15, 0.2) is 0 Å². The third kappa shape index (κ3) is 5.73. The second kappa shape index (κ2) is 8.45. The quantitative estimate of drug-likeness (QED) is 0.836. The van der Waals surface area contributed by atoms with E-state index in [1.54, 1.807) is 0 Å². The number of ether oxygens (including phenoxy) is 1. The Labute approximate surface area is 141 Å². The minimum absolute atomic E-state index is 0.144. The Morgan fingerprint density at radius 3 is 2.26 bits per heavy atom. The highest BCUT2D eigenvalue weighted by molar-refractivity contribution is 5.81. The van der Waals surface area contributed by atoms with Gasteiger partial charge in [-0.1, -0.05) is 13.8 Å². The molecule has 2 heterocycles. The average Bonchev–Trinajstić information content (AvgIpc) is 2.45. The molecule has 23 heavy (non-hydrogen) atoms. The van der Waals surface area contributed by atoms with Gasteiger partial charge in [0.15, 0.2) is 0 Å². The Morgan fingerprint density at radius 1 is 1.17 bits per heavy atom. The number of carbonyl (C=O) groups is 1. The first-order chi connectivity index (χ1) is 10.8. The highest BCUT2D eigenvalue weighted by Gasteiger charge is 2.29. The minimum Gasteiger partial charge on any atom is -0.373 e. The van der Waals surface area contributed by atoms with Gasteiger partial charge in [0.25, 0.3) is 0 Å². The maximum Gasteiger partial charge on any atom is 0.239 e.